The van der Waals surface area contributed by atoms with Crippen LogP contribution in [0, 0.1) is 6.92 Å². The van der Waals surface area contributed by atoms with E-state index < -0.39 is 10.0 Å². The van der Waals surface area contributed by atoms with Crippen molar-refractivity contribution in [2.75, 3.05) is 13.1 Å². The molecule has 6 nitrogen and oxygen atoms in total. The van der Waals surface area contributed by atoms with Gasteiger partial charge in [-0.15, -0.1) is 12.4 Å². The molecule has 2 fully saturated rings. The number of carbonyl (C=O) groups is 1. The summed E-state index contributed by atoms with van der Waals surface area (Å²) in [4.78, 5) is 14.7. The van der Waals surface area contributed by atoms with E-state index >= 15 is 0 Å². The molecule has 1 atom stereocenters. The van der Waals surface area contributed by atoms with Crippen LogP contribution >= 0.6 is 12.4 Å². The van der Waals surface area contributed by atoms with Gasteiger partial charge >= 0.3 is 0 Å². The van der Waals surface area contributed by atoms with Gasteiger partial charge in [-0.25, -0.2) is 13.1 Å². The highest BCUT2D eigenvalue weighted by Gasteiger charge is 2.31. The molecule has 1 amide bonds. The normalized spacial score (nSPS) is 20.8. The summed E-state index contributed by atoms with van der Waals surface area (Å²) in [6, 6.07) is 4.84. The summed E-state index contributed by atoms with van der Waals surface area (Å²) in [6.07, 6.45) is 3.60. The molecule has 1 aliphatic heterocycles. The van der Waals surface area contributed by atoms with Gasteiger partial charge in [-0.1, -0.05) is 6.07 Å². The fraction of sp³-hybridized carbons (Fsp3) is 0.562. The van der Waals surface area contributed by atoms with Gasteiger partial charge in [0.15, 0.2) is 0 Å². The number of rotatable bonds is 5. The van der Waals surface area contributed by atoms with Gasteiger partial charge in [-0.05, 0) is 50.3 Å². The Morgan fingerprint density at radius 2 is 2.04 bits per heavy atom. The molecular formula is C16H24ClN3O3S. The Hall–Kier alpha value is -1.15. The Bertz CT molecular complexity index is 719. The fourth-order valence-electron chi connectivity index (χ4n) is 2.99. The number of aryl methyl sites for hydroxylation is 1. The lowest BCUT2D eigenvalue weighted by atomic mass is 10.1. The highest BCUT2D eigenvalue weighted by atomic mass is 35.5. The number of halogens is 1. The molecule has 1 aliphatic carbocycles. The molecular weight excluding hydrogens is 350 g/mol. The first-order valence-electron chi connectivity index (χ1n) is 8.06. The van der Waals surface area contributed by atoms with Gasteiger partial charge in [0.1, 0.15) is 0 Å². The van der Waals surface area contributed by atoms with Crippen LogP contribution in [0.15, 0.2) is 23.1 Å². The maximum Gasteiger partial charge on any atom is 0.254 e. The van der Waals surface area contributed by atoms with Crippen molar-refractivity contribution in [1.82, 2.24) is 9.62 Å². The van der Waals surface area contributed by atoms with Crippen molar-refractivity contribution in [3.05, 3.63) is 29.3 Å². The van der Waals surface area contributed by atoms with Crippen LogP contribution in [0.1, 0.15) is 41.6 Å². The van der Waals surface area contributed by atoms with E-state index in [1.807, 2.05) is 6.92 Å². The molecule has 0 spiro atoms. The molecule has 3 N–H and O–H groups in total. The maximum atomic E-state index is 12.8. The second-order valence-corrected chi connectivity index (χ2v) is 8.12. The molecule has 0 radical (unpaired) electrons. The summed E-state index contributed by atoms with van der Waals surface area (Å²) in [5.41, 5.74) is 6.97. The largest absolute Gasteiger partial charge is 0.334 e. The van der Waals surface area contributed by atoms with Crippen LogP contribution in [-0.4, -0.2) is 44.4 Å². The average molecular weight is 374 g/mol. The summed E-state index contributed by atoms with van der Waals surface area (Å²) >= 11 is 0. The first-order valence-corrected chi connectivity index (χ1v) is 9.54. The SMILES string of the molecule is Cc1ccc(S(=O)(=O)NC2CC2)cc1C(=O)N1CCCC1CN.Cl. The van der Waals surface area contributed by atoms with Gasteiger partial charge in [0.2, 0.25) is 10.0 Å². The standard InChI is InChI=1S/C16H23N3O3S.ClH/c1-11-4-7-14(23(21,22)18-12-5-6-12)9-15(11)16(20)19-8-2-3-13(19)10-17;/h4,7,9,12-13,18H,2-3,5-6,8,10,17H2,1H3;1H. The number of carbonyl (C=O) groups excluding carboxylic acids is 1. The smallest absolute Gasteiger partial charge is 0.254 e. The highest BCUT2D eigenvalue weighted by molar-refractivity contribution is 7.89. The monoisotopic (exact) mass is 373 g/mol. The molecule has 134 valence electrons. The molecule has 3 rings (SSSR count). The van der Waals surface area contributed by atoms with Gasteiger partial charge in [0.25, 0.3) is 5.91 Å². The molecule has 1 saturated heterocycles. The molecule has 0 aromatic heterocycles. The Labute approximate surface area is 149 Å². The van der Waals surface area contributed by atoms with E-state index in [9.17, 15) is 13.2 Å². The molecule has 1 heterocycles. The Kier molecular flexibility index (Phi) is 5.91. The number of benzene rings is 1. The van der Waals surface area contributed by atoms with Crippen molar-refractivity contribution in [3.63, 3.8) is 0 Å². The number of likely N-dealkylation sites (tertiary alicyclic amines) is 1. The van der Waals surface area contributed by atoms with E-state index in [0.717, 1.165) is 31.2 Å². The number of nitrogens with zero attached hydrogens (tertiary/aromatic N) is 1. The molecule has 0 bridgehead atoms. The first-order chi connectivity index (χ1) is 10.9. The number of hydrogen-bond donors (Lipinski definition) is 2. The van der Waals surface area contributed by atoms with Crippen LogP contribution in [-0.2, 0) is 10.0 Å². The second kappa shape index (κ2) is 7.39. The van der Waals surface area contributed by atoms with E-state index in [1.165, 1.54) is 6.07 Å². The molecule has 8 heteroatoms. The summed E-state index contributed by atoms with van der Waals surface area (Å²) in [7, 11) is -3.56. The highest BCUT2D eigenvalue weighted by Crippen LogP contribution is 2.25. The maximum absolute atomic E-state index is 12.8. The predicted octanol–water partition coefficient (Wildman–Crippen LogP) is 1.42. The van der Waals surface area contributed by atoms with Crippen molar-refractivity contribution < 1.29 is 13.2 Å². The molecule has 2 aliphatic rings. The van der Waals surface area contributed by atoms with E-state index in [4.69, 9.17) is 5.73 Å². The van der Waals surface area contributed by atoms with Gasteiger partial charge in [-0.3, -0.25) is 4.79 Å². The number of amides is 1. The van der Waals surface area contributed by atoms with Gasteiger partial charge in [0, 0.05) is 30.7 Å². The number of nitrogens with two attached hydrogens (primary N) is 1. The second-order valence-electron chi connectivity index (χ2n) is 6.40. The molecule has 1 unspecified atom stereocenters. The predicted molar refractivity (Wildman–Crippen MR) is 94.9 cm³/mol. The summed E-state index contributed by atoms with van der Waals surface area (Å²) in [5.74, 6) is -0.126. The lowest BCUT2D eigenvalue weighted by Crippen LogP contribution is -2.40. The zero-order valence-corrected chi connectivity index (χ0v) is 15.3. The van der Waals surface area contributed by atoms with E-state index in [0.29, 0.717) is 18.7 Å². The zero-order chi connectivity index (χ0) is 16.6. The molecule has 24 heavy (non-hydrogen) atoms. The van der Waals surface area contributed by atoms with Crippen LogP contribution in [0.25, 0.3) is 0 Å². The average Bonchev–Trinajstić information content (AvgIpc) is 3.18. The van der Waals surface area contributed by atoms with Gasteiger partial charge in [0.05, 0.1) is 4.90 Å². The third-order valence-electron chi connectivity index (χ3n) is 4.56. The Morgan fingerprint density at radius 3 is 2.67 bits per heavy atom. The van der Waals surface area contributed by atoms with E-state index in [1.54, 1.807) is 17.0 Å². The number of nitrogens with one attached hydrogen (secondary N) is 1. The molecule has 1 aromatic rings. The first kappa shape index (κ1) is 19.2. The number of sulfonamides is 1. The van der Waals surface area contributed by atoms with Gasteiger partial charge in [-0.2, -0.15) is 0 Å². The van der Waals surface area contributed by atoms with Crippen LogP contribution in [0.5, 0.6) is 0 Å². The van der Waals surface area contributed by atoms with E-state index in [-0.39, 0.29) is 35.3 Å². The lowest BCUT2D eigenvalue weighted by Gasteiger charge is -2.24. The van der Waals surface area contributed by atoms with Crippen molar-refractivity contribution >= 4 is 28.3 Å². The topological polar surface area (TPSA) is 92.5 Å². The third-order valence-corrected chi connectivity index (χ3v) is 6.08. The summed E-state index contributed by atoms with van der Waals surface area (Å²) in [6.45, 7) is 2.94. The van der Waals surface area contributed by atoms with Crippen LogP contribution < -0.4 is 10.5 Å². The van der Waals surface area contributed by atoms with Crippen molar-refractivity contribution in [2.45, 2.75) is 49.6 Å². The minimum absolute atomic E-state index is 0. The lowest BCUT2D eigenvalue weighted by molar-refractivity contribution is 0.0740. The quantitative estimate of drug-likeness (QED) is 0.816. The zero-order valence-electron chi connectivity index (χ0n) is 13.7. The van der Waals surface area contributed by atoms with Crippen molar-refractivity contribution in [1.29, 1.82) is 0 Å². The Balaban J connectivity index is 0.00000208. The number of hydrogen-bond acceptors (Lipinski definition) is 4. The van der Waals surface area contributed by atoms with Crippen LogP contribution in [0.4, 0.5) is 0 Å². The van der Waals surface area contributed by atoms with Crippen LogP contribution in [0.3, 0.4) is 0 Å². The molecule has 1 aromatic carbocycles. The van der Waals surface area contributed by atoms with Crippen LogP contribution in [0.2, 0.25) is 0 Å². The Morgan fingerprint density at radius 1 is 1.33 bits per heavy atom. The summed E-state index contributed by atoms with van der Waals surface area (Å²) < 4.78 is 27.4. The van der Waals surface area contributed by atoms with Gasteiger partial charge < -0.3 is 10.6 Å². The minimum Gasteiger partial charge on any atom is -0.334 e. The van der Waals surface area contributed by atoms with E-state index in [2.05, 4.69) is 4.72 Å². The molecule has 1 saturated carbocycles. The third kappa shape index (κ3) is 3.91. The fourth-order valence-corrected chi connectivity index (χ4v) is 4.32. The summed E-state index contributed by atoms with van der Waals surface area (Å²) in [5, 5.41) is 0. The van der Waals surface area contributed by atoms with Crippen molar-refractivity contribution in [2.24, 2.45) is 5.73 Å². The van der Waals surface area contributed by atoms with Crippen molar-refractivity contribution in [3.8, 4) is 0 Å². The minimum atomic E-state index is -3.56.